The summed E-state index contributed by atoms with van der Waals surface area (Å²) in [4.78, 5) is 24.8. The van der Waals surface area contributed by atoms with E-state index in [4.69, 9.17) is 0 Å². The molecule has 1 saturated heterocycles. The van der Waals surface area contributed by atoms with Crippen LogP contribution in [0.4, 0.5) is 0 Å². The van der Waals surface area contributed by atoms with Gasteiger partial charge in [-0.15, -0.1) is 0 Å². The molecule has 15 heavy (non-hydrogen) atoms. The van der Waals surface area contributed by atoms with Gasteiger partial charge in [-0.05, 0) is 32.3 Å². The molecule has 1 N–H and O–H groups in total. The average molecular weight is 210 g/mol. The first-order chi connectivity index (χ1) is 7.19. The Kier molecular flexibility index (Phi) is 4.34. The molecule has 1 rings (SSSR count). The van der Waals surface area contributed by atoms with Crippen LogP contribution in [0.1, 0.15) is 26.2 Å². The summed E-state index contributed by atoms with van der Waals surface area (Å²) in [7, 11) is 0. The van der Waals surface area contributed by atoms with E-state index in [9.17, 15) is 9.59 Å². The van der Waals surface area contributed by atoms with E-state index in [1.807, 2.05) is 6.92 Å². The maximum Gasteiger partial charge on any atom is 0.245 e. The zero-order valence-electron chi connectivity index (χ0n) is 9.16. The molecule has 0 spiro atoms. The smallest absolute Gasteiger partial charge is 0.245 e. The van der Waals surface area contributed by atoms with E-state index in [0.29, 0.717) is 6.54 Å². The average Bonchev–Trinajstić information content (AvgIpc) is 2.42. The predicted octanol–water partition coefficient (Wildman–Crippen LogP) is 0.690. The lowest BCUT2D eigenvalue weighted by atomic mass is 10.1. The summed E-state index contributed by atoms with van der Waals surface area (Å²) in [5.41, 5.74) is 0. The Balaban J connectivity index is 2.64. The van der Waals surface area contributed by atoms with Crippen LogP contribution < -0.4 is 5.32 Å². The second-order valence-corrected chi connectivity index (χ2v) is 3.68. The molecule has 0 aromatic heterocycles. The molecule has 1 atom stereocenters. The number of carbonyl (C=O) groups is 2. The summed E-state index contributed by atoms with van der Waals surface area (Å²) in [5, 5.41) is 2.67. The lowest BCUT2D eigenvalue weighted by Crippen LogP contribution is -2.46. The van der Waals surface area contributed by atoms with Crippen LogP contribution in [-0.4, -0.2) is 35.8 Å². The van der Waals surface area contributed by atoms with Crippen LogP contribution >= 0.6 is 0 Å². The highest BCUT2D eigenvalue weighted by molar-refractivity contribution is 5.92. The van der Waals surface area contributed by atoms with Crippen LogP contribution in [0, 0.1) is 0 Å². The maximum atomic E-state index is 11.9. The third-order valence-electron chi connectivity index (χ3n) is 2.66. The van der Waals surface area contributed by atoms with Crippen LogP contribution in [0.5, 0.6) is 0 Å². The van der Waals surface area contributed by atoms with Crippen molar-refractivity contribution in [3.63, 3.8) is 0 Å². The molecule has 1 heterocycles. The maximum absolute atomic E-state index is 11.9. The molecule has 1 unspecified atom stereocenters. The minimum absolute atomic E-state index is 0.0326. The molecule has 84 valence electrons. The second kappa shape index (κ2) is 5.53. The molecular formula is C11H18N2O2. The highest BCUT2D eigenvalue weighted by atomic mass is 16.2. The molecule has 4 nitrogen and oxygen atoms in total. The molecular weight excluding hydrogens is 192 g/mol. The van der Waals surface area contributed by atoms with E-state index < -0.39 is 0 Å². The normalized spacial score (nSPS) is 22.1. The van der Waals surface area contributed by atoms with Gasteiger partial charge in [-0.3, -0.25) is 9.59 Å². The van der Waals surface area contributed by atoms with Crippen molar-refractivity contribution in [3.05, 3.63) is 12.7 Å². The fourth-order valence-corrected chi connectivity index (χ4v) is 1.78. The minimum Gasteiger partial charge on any atom is -0.341 e. The molecule has 0 radical (unpaired) electrons. The Morgan fingerprint density at radius 1 is 1.67 bits per heavy atom. The fourth-order valence-electron chi connectivity index (χ4n) is 1.78. The molecule has 0 aromatic rings. The standard InChI is InChI=1S/C11H18N2O2/c1-3-10(14)12-9-7-5-6-8-13(4-2)11(9)15/h3,9H,1,4-8H2,2H3,(H,12,14). The van der Waals surface area contributed by atoms with Crippen LogP contribution in [-0.2, 0) is 9.59 Å². The van der Waals surface area contributed by atoms with Crippen LogP contribution in [0.3, 0.4) is 0 Å². The number of likely N-dealkylation sites (tertiary alicyclic amines) is 1. The van der Waals surface area contributed by atoms with Crippen LogP contribution in [0.2, 0.25) is 0 Å². The third kappa shape index (κ3) is 3.08. The lowest BCUT2D eigenvalue weighted by molar-refractivity contribution is -0.134. The molecule has 1 fully saturated rings. The third-order valence-corrected chi connectivity index (χ3v) is 2.66. The highest BCUT2D eigenvalue weighted by Gasteiger charge is 2.26. The minimum atomic E-state index is -0.363. The fraction of sp³-hybridized carbons (Fsp3) is 0.636. The van der Waals surface area contributed by atoms with Crippen LogP contribution in [0.15, 0.2) is 12.7 Å². The van der Waals surface area contributed by atoms with Crippen molar-refractivity contribution in [3.8, 4) is 0 Å². The summed E-state index contributed by atoms with van der Waals surface area (Å²) in [5.74, 6) is -0.239. The van der Waals surface area contributed by atoms with Crippen molar-refractivity contribution in [2.75, 3.05) is 13.1 Å². The van der Waals surface area contributed by atoms with Gasteiger partial charge in [-0.1, -0.05) is 6.58 Å². The van der Waals surface area contributed by atoms with E-state index in [-0.39, 0.29) is 17.9 Å². The number of amides is 2. The van der Waals surface area contributed by atoms with E-state index in [1.54, 1.807) is 4.90 Å². The number of hydrogen-bond donors (Lipinski definition) is 1. The number of likely N-dealkylation sites (N-methyl/N-ethyl adjacent to an activating group) is 1. The van der Waals surface area contributed by atoms with Crippen molar-refractivity contribution < 1.29 is 9.59 Å². The van der Waals surface area contributed by atoms with Crippen molar-refractivity contribution in [1.29, 1.82) is 0 Å². The summed E-state index contributed by atoms with van der Waals surface area (Å²) < 4.78 is 0. The zero-order chi connectivity index (χ0) is 11.3. The number of hydrogen-bond acceptors (Lipinski definition) is 2. The first kappa shape index (κ1) is 11.8. The van der Waals surface area contributed by atoms with Gasteiger partial charge in [0.1, 0.15) is 6.04 Å². The Labute approximate surface area is 90.3 Å². The highest BCUT2D eigenvalue weighted by Crippen LogP contribution is 2.11. The van der Waals surface area contributed by atoms with Gasteiger partial charge in [-0.2, -0.15) is 0 Å². The monoisotopic (exact) mass is 210 g/mol. The molecule has 2 amide bonds. The van der Waals surface area contributed by atoms with Gasteiger partial charge in [-0.25, -0.2) is 0 Å². The van der Waals surface area contributed by atoms with Gasteiger partial charge in [0.25, 0.3) is 0 Å². The Morgan fingerprint density at radius 3 is 3.00 bits per heavy atom. The van der Waals surface area contributed by atoms with Crippen molar-refractivity contribution in [2.45, 2.75) is 32.2 Å². The summed E-state index contributed by atoms with van der Waals surface area (Å²) >= 11 is 0. The van der Waals surface area contributed by atoms with Gasteiger partial charge in [0.2, 0.25) is 11.8 Å². The number of rotatable bonds is 3. The number of nitrogens with zero attached hydrogens (tertiary/aromatic N) is 1. The Hall–Kier alpha value is -1.32. The van der Waals surface area contributed by atoms with Crippen molar-refractivity contribution in [1.82, 2.24) is 10.2 Å². The molecule has 4 heteroatoms. The number of nitrogens with one attached hydrogen (secondary N) is 1. The van der Waals surface area contributed by atoms with Crippen molar-refractivity contribution >= 4 is 11.8 Å². The van der Waals surface area contributed by atoms with Gasteiger partial charge in [0.15, 0.2) is 0 Å². The lowest BCUT2D eigenvalue weighted by Gasteiger charge is -2.22. The second-order valence-electron chi connectivity index (χ2n) is 3.68. The molecule has 0 saturated carbocycles. The Morgan fingerprint density at radius 2 is 2.40 bits per heavy atom. The molecule has 0 bridgehead atoms. The largest absolute Gasteiger partial charge is 0.341 e. The SMILES string of the molecule is C=CC(=O)NC1CCCCN(CC)C1=O. The van der Waals surface area contributed by atoms with Crippen LogP contribution in [0.25, 0.3) is 0 Å². The van der Waals surface area contributed by atoms with Gasteiger partial charge < -0.3 is 10.2 Å². The molecule has 1 aliphatic heterocycles. The molecule has 0 aromatic carbocycles. The first-order valence-electron chi connectivity index (χ1n) is 5.40. The van der Waals surface area contributed by atoms with E-state index in [2.05, 4.69) is 11.9 Å². The topological polar surface area (TPSA) is 49.4 Å². The van der Waals surface area contributed by atoms with E-state index in [1.165, 1.54) is 6.08 Å². The molecule has 0 aliphatic carbocycles. The van der Waals surface area contributed by atoms with Gasteiger partial charge >= 0.3 is 0 Å². The summed E-state index contributed by atoms with van der Waals surface area (Å²) in [6.07, 6.45) is 3.92. The first-order valence-corrected chi connectivity index (χ1v) is 5.40. The predicted molar refractivity (Wildman–Crippen MR) is 58.2 cm³/mol. The van der Waals surface area contributed by atoms with Crippen molar-refractivity contribution in [2.24, 2.45) is 0 Å². The van der Waals surface area contributed by atoms with Gasteiger partial charge in [0, 0.05) is 13.1 Å². The quantitative estimate of drug-likeness (QED) is 0.697. The van der Waals surface area contributed by atoms with Gasteiger partial charge in [0.05, 0.1) is 0 Å². The summed E-state index contributed by atoms with van der Waals surface area (Å²) in [6, 6.07) is -0.363. The number of carbonyl (C=O) groups excluding carboxylic acids is 2. The van der Waals surface area contributed by atoms with E-state index in [0.717, 1.165) is 25.8 Å². The van der Waals surface area contributed by atoms with E-state index >= 15 is 0 Å². The molecule has 1 aliphatic rings. The Bertz CT molecular complexity index is 263. The zero-order valence-corrected chi connectivity index (χ0v) is 9.16. The summed E-state index contributed by atoms with van der Waals surface area (Å²) in [6.45, 7) is 6.84.